The summed E-state index contributed by atoms with van der Waals surface area (Å²) >= 11 is 1.60. The molecule has 208 valence electrons. The van der Waals surface area contributed by atoms with Gasteiger partial charge in [-0.2, -0.15) is 0 Å². The Hall–Kier alpha value is -3.18. The summed E-state index contributed by atoms with van der Waals surface area (Å²) in [5, 5.41) is 18.0. The number of carbonyl (C=O) groups excluding carboxylic acids is 3. The molecule has 1 spiro atoms. The van der Waals surface area contributed by atoms with Gasteiger partial charge in [0.25, 0.3) is 0 Å². The number of hydrogen-bond donors (Lipinski definition) is 1. The highest BCUT2D eigenvalue weighted by Crippen LogP contribution is 2.68. The van der Waals surface area contributed by atoms with E-state index < -0.39 is 22.6 Å². The first-order valence-electron chi connectivity index (χ1n) is 13.4. The predicted molar refractivity (Wildman–Crippen MR) is 147 cm³/mol. The highest BCUT2D eigenvalue weighted by atomic mass is 32.2. The first-order valence-corrected chi connectivity index (χ1v) is 14.3. The van der Waals surface area contributed by atoms with Gasteiger partial charge < -0.3 is 19.6 Å². The van der Waals surface area contributed by atoms with E-state index in [0.29, 0.717) is 12.8 Å². The second-order valence-corrected chi connectivity index (χ2v) is 12.0. The minimum absolute atomic E-state index is 0.0320. The number of rotatable bonds is 12. The van der Waals surface area contributed by atoms with Gasteiger partial charge in [0, 0.05) is 24.9 Å². The zero-order chi connectivity index (χ0) is 27.7. The van der Waals surface area contributed by atoms with E-state index in [4.69, 9.17) is 4.74 Å². The van der Waals surface area contributed by atoms with Crippen molar-refractivity contribution in [3.05, 3.63) is 49.6 Å². The molecule has 2 aromatic rings. The van der Waals surface area contributed by atoms with E-state index in [0.717, 1.165) is 17.5 Å². The monoisotopic (exact) mass is 553 g/mol. The van der Waals surface area contributed by atoms with Crippen molar-refractivity contribution in [1.82, 2.24) is 24.8 Å². The second kappa shape index (κ2) is 11.1. The molecule has 5 rings (SSSR count). The molecule has 6 atom stereocenters. The number of likely N-dealkylation sites (tertiary alicyclic amines) is 1. The number of ether oxygens (including phenoxy) is 1. The zero-order valence-electron chi connectivity index (χ0n) is 22.1. The molecule has 0 radical (unpaired) electrons. The maximum absolute atomic E-state index is 14.5. The SMILES string of the molecule is C=CCCOC(=O)[C@@H]1[C@H]2C(=O)N(CCCO)C(C(=O)N(CC=C)Cn3nnc4ccccc43)C23S[C@@H]1CC3C. The molecule has 2 bridgehead atoms. The molecule has 11 heteroatoms. The van der Waals surface area contributed by atoms with Crippen molar-refractivity contribution in [2.24, 2.45) is 17.8 Å². The first-order chi connectivity index (χ1) is 18.9. The minimum Gasteiger partial charge on any atom is -0.465 e. The number of amides is 2. The Morgan fingerprint density at radius 2 is 2.10 bits per heavy atom. The van der Waals surface area contributed by atoms with E-state index >= 15 is 0 Å². The third kappa shape index (κ3) is 4.45. The van der Waals surface area contributed by atoms with Gasteiger partial charge >= 0.3 is 5.97 Å². The van der Waals surface area contributed by atoms with Gasteiger partial charge in [-0.3, -0.25) is 14.4 Å². The number of aliphatic hydroxyl groups is 1. The number of fused-ring (bicyclic) bond motifs is 2. The first kappa shape index (κ1) is 27.4. The van der Waals surface area contributed by atoms with Gasteiger partial charge in [0.05, 0.1) is 28.7 Å². The van der Waals surface area contributed by atoms with Crippen LogP contribution in [0.2, 0.25) is 0 Å². The van der Waals surface area contributed by atoms with Gasteiger partial charge in [0.2, 0.25) is 11.8 Å². The molecule has 0 aliphatic carbocycles. The van der Waals surface area contributed by atoms with Crippen LogP contribution < -0.4 is 0 Å². The molecule has 10 nitrogen and oxygen atoms in total. The average molecular weight is 554 g/mol. The highest BCUT2D eigenvalue weighted by Gasteiger charge is 2.76. The second-order valence-electron chi connectivity index (χ2n) is 10.5. The van der Waals surface area contributed by atoms with Crippen molar-refractivity contribution < 1.29 is 24.2 Å². The third-order valence-corrected chi connectivity index (χ3v) is 10.3. The van der Waals surface area contributed by atoms with Crippen molar-refractivity contribution >= 4 is 40.6 Å². The standard InChI is InChI=1S/C28H35N5O5S/c1-4-6-15-38-27(37)22-21-16-18(3)28(39-21)23(22)25(35)32(13-9-14-34)24(28)26(36)31(12-5-2)17-33-20-11-8-7-10-19(20)29-30-33/h4-5,7-8,10-11,18,21-24,34H,1-2,6,9,12-17H2,3H3/t18?,21-,22+,23+,24?,28?/m1/s1. The molecule has 39 heavy (non-hydrogen) atoms. The van der Waals surface area contributed by atoms with Gasteiger partial charge in [0.1, 0.15) is 18.2 Å². The molecule has 4 heterocycles. The van der Waals surface area contributed by atoms with Crippen LogP contribution in [0.4, 0.5) is 0 Å². The summed E-state index contributed by atoms with van der Waals surface area (Å²) in [7, 11) is 0. The van der Waals surface area contributed by atoms with Gasteiger partial charge in [-0.15, -0.1) is 30.0 Å². The average Bonchev–Trinajstić information content (AvgIpc) is 3.64. The fourth-order valence-electron chi connectivity index (χ4n) is 6.62. The molecule has 3 saturated heterocycles. The van der Waals surface area contributed by atoms with Gasteiger partial charge in [-0.25, -0.2) is 4.68 Å². The number of carbonyl (C=O) groups is 3. The molecule has 0 saturated carbocycles. The lowest BCUT2D eigenvalue weighted by molar-refractivity contribution is -0.154. The van der Waals surface area contributed by atoms with Gasteiger partial charge in [-0.05, 0) is 37.3 Å². The number of benzene rings is 1. The van der Waals surface area contributed by atoms with E-state index in [1.54, 1.807) is 38.4 Å². The predicted octanol–water partition coefficient (Wildman–Crippen LogP) is 2.24. The van der Waals surface area contributed by atoms with E-state index in [9.17, 15) is 19.5 Å². The molecule has 3 unspecified atom stereocenters. The Morgan fingerprint density at radius 3 is 2.85 bits per heavy atom. The van der Waals surface area contributed by atoms with Crippen molar-refractivity contribution in [2.75, 3.05) is 26.3 Å². The minimum atomic E-state index is -0.785. The van der Waals surface area contributed by atoms with Gasteiger partial charge in [0.15, 0.2) is 0 Å². The lowest BCUT2D eigenvalue weighted by atomic mass is 9.66. The number of aliphatic hydroxyl groups excluding tert-OH is 1. The Balaban J connectivity index is 1.51. The maximum Gasteiger partial charge on any atom is 0.310 e. The summed E-state index contributed by atoms with van der Waals surface area (Å²) in [6, 6.07) is 6.74. The lowest BCUT2D eigenvalue weighted by Gasteiger charge is -2.40. The molecule has 3 fully saturated rings. The summed E-state index contributed by atoms with van der Waals surface area (Å²) in [4.78, 5) is 45.1. The van der Waals surface area contributed by atoms with Crippen LogP contribution >= 0.6 is 11.8 Å². The number of thioether (sulfide) groups is 1. The molecule has 3 aliphatic rings. The number of esters is 1. The van der Waals surface area contributed by atoms with Crippen LogP contribution in [-0.4, -0.2) is 90.0 Å². The Labute approximate surface area is 232 Å². The van der Waals surface area contributed by atoms with E-state index in [2.05, 4.69) is 30.4 Å². The topological polar surface area (TPSA) is 118 Å². The van der Waals surface area contributed by atoms with Crippen molar-refractivity contribution in [1.29, 1.82) is 0 Å². The van der Waals surface area contributed by atoms with Crippen LogP contribution in [0.5, 0.6) is 0 Å². The highest BCUT2D eigenvalue weighted by molar-refractivity contribution is 8.02. The van der Waals surface area contributed by atoms with Crippen molar-refractivity contribution in [2.45, 2.75) is 48.9 Å². The summed E-state index contributed by atoms with van der Waals surface area (Å²) in [6.45, 7) is 10.3. The van der Waals surface area contributed by atoms with Crippen LogP contribution in [0.25, 0.3) is 11.0 Å². The molecule has 3 aliphatic heterocycles. The Kier molecular flexibility index (Phi) is 7.82. The Bertz CT molecular complexity index is 1280. The van der Waals surface area contributed by atoms with Crippen LogP contribution in [0.1, 0.15) is 26.2 Å². The number of nitrogens with zero attached hydrogens (tertiary/aromatic N) is 5. The molecular formula is C28H35N5O5S. The van der Waals surface area contributed by atoms with E-state index in [1.165, 1.54) is 0 Å². The fraction of sp³-hybridized carbons (Fsp3) is 0.536. The number of aromatic nitrogens is 3. The lowest BCUT2D eigenvalue weighted by Crippen LogP contribution is -2.57. The van der Waals surface area contributed by atoms with E-state index in [-0.39, 0.29) is 61.9 Å². The normalized spacial score (nSPS) is 29.0. The summed E-state index contributed by atoms with van der Waals surface area (Å²) < 4.78 is 6.46. The zero-order valence-corrected chi connectivity index (χ0v) is 23.0. The molecule has 1 aromatic heterocycles. The Morgan fingerprint density at radius 1 is 1.31 bits per heavy atom. The molecular weight excluding hydrogens is 518 g/mol. The maximum atomic E-state index is 14.5. The van der Waals surface area contributed by atoms with Crippen molar-refractivity contribution in [3.8, 4) is 0 Å². The molecule has 1 N–H and O–H groups in total. The third-order valence-electron chi connectivity index (χ3n) is 8.26. The summed E-state index contributed by atoms with van der Waals surface area (Å²) in [6.07, 6.45) is 4.94. The number of hydrogen-bond acceptors (Lipinski definition) is 8. The van der Waals surface area contributed by atoms with E-state index in [1.807, 2.05) is 24.3 Å². The molecule has 1 aromatic carbocycles. The number of para-hydroxylation sites is 1. The summed E-state index contributed by atoms with van der Waals surface area (Å²) in [5.74, 6) is -2.04. The van der Waals surface area contributed by atoms with Crippen LogP contribution in [0.15, 0.2) is 49.6 Å². The van der Waals surface area contributed by atoms with Crippen molar-refractivity contribution in [3.63, 3.8) is 0 Å². The van der Waals surface area contributed by atoms with Crippen LogP contribution in [0.3, 0.4) is 0 Å². The smallest absolute Gasteiger partial charge is 0.310 e. The van der Waals surface area contributed by atoms with Gasteiger partial charge in [-0.1, -0.05) is 36.4 Å². The summed E-state index contributed by atoms with van der Waals surface area (Å²) in [5.41, 5.74) is 1.51. The largest absolute Gasteiger partial charge is 0.465 e. The quantitative estimate of drug-likeness (QED) is 0.242. The van der Waals surface area contributed by atoms with Crippen LogP contribution in [-0.2, 0) is 25.8 Å². The van der Waals surface area contributed by atoms with Crippen LogP contribution in [0, 0.1) is 17.8 Å². The molecule has 2 amide bonds. The fourth-order valence-corrected chi connectivity index (χ4v) is 9.02.